The van der Waals surface area contributed by atoms with Crippen LogP contribution < -0.4 is 0 Å². The van der Waals surface area contributed by atoms with Crippen molar-refractivity contribution in [3.05, 3.63) is 11.6 Å². The van der Waals surface area contributed by atoms with Crippen molar-refractivity contribution < 1.29 is 24.6 Å². The Morgan fingerprint density at radius 1 is 1.18 bits per heavy atom. The standard InChI is InChI=1S/C6H6O5/c1-3(2-4(7)8)5(9)6(10)11/h2H,1H3,(H,7,8)(H,10,11). The van der Waals surface area contributed by atoms with Crippen molar-refractivity contribution >= 4 is 17.7 Å². The lowest BCUT2D eigenvalue weighted by atomic mass is 10.2. The molecule has 0 spiro atoms. The zero-order valence-corrected chi connectivity index (χ0v) is 5.70. The summed E-state index contributed by atoms with van der Waals surface area (Å²) in [6, 6.07) is 0. The van der Waals surface area contributed by atoms with Gasteiger partial charge in [0.05, 0.1) is 0 Å². The number of carboxylic acids is 2. The van der Waals surface area contributed by atoms with Crippen LogP contribution in [0.3, 0.4) is 0 Å². The third-order valence-corrected chi connectivity index (χ3v) is 0.892. The largest absolute Gasteiger partial charge is 0.478 e. The molecule has 0 radical (unpaired) electrons. The summed E-state index contributed by atoms with van der Waals surface area (Å²) >= 11 is 0. The fourth-order valence-corrected chi connectivity index (χ4v) is 0.419. The minimum Gasteiger partial charge on any atom is -0.478 e. The topological polar surface area (TPSA) is 91.7 Å². The van der Waals surface area contributed by atoms with E-state index in [9.17, 15) is 14.4 Å². The number of Topliss-reactive ketones (excluding diaryl/α,β-unsaturated/α-hetero) is 1. The van der Waals surface area contributed by atoms with E-state index in [0.717, 1.165) is 6.92 Å². The van der Waals surface area contributed by atoms with Gasteiger partial charge in [0.15, 0.2) is 0 Å². The number of rotatable bonds is 3. The Bertz CT molecular complexity index is 237. The number of carbonyl (C=O) groups is 3. The fraction of sp³-hybridized carbons (Fsp3) is 0.167. The van der Waals surface area contributed by atoms with Crippen LogP contribution in [-0.2, 0) is 14.4 Å². The van der Waals surface area contributed by atoms with E-state index < -0.39 is 17.7 Å². The Hall–Kier alpha value is -1.65. The molecule has 0 aliphatic heterocycles. The van der Waals surface area contributed by atoms with Crippen LogP contribution in [0, 0.1) is 0 Å². The average molecular weight is 158 g/mol. The van der Waals surface area contributed by atoms with Crippen molar-refractivity contribution in [2.75, 3.05) is 0 Å². The Morgan fingerprint density at radius 3 is 1.91 bits per heavy atom. The van der Waals surface area contributed by atoms with Gasteiger partial charge >= 0.3 is 11.9 Å². The Kier molecular flexibility index (Phi) is 2.98. The second kappa shape index (κ2) is 3.50. The third-order valence-electron chi connectivity index (χ3n) is 0.892. The molecule has 60 valence electrons. The van der Waals surface area contributed by atoms with Gasteiger partial charge in [-0.15, -0.1) is 0 Å². The van der Waals surface area contributed by atoms with Gasteiger partial charge in [-0.05, 0) is 6.92 Å². The molecule has 0 bridgehead atoms. The predicted molar refractivity (Wildman–Crippen MR) is 34.0 cm³/mol. The maximum Gasteiger partial charge on any atom is 0.376 e. The lowest BCUT2D eigenvalue weighted by molar-refractivity contribution is -0.147. The molecule has 0 unspecified atom stereocenters. The number of aliphatic carboxylic acids is 2. The van der Waals surface area contributed by atoms with E-state index in [-0.39, 0.29) is 5.57 Å². The quantitative estimate of drug-likeness (QED) is 0.433. The van der Waals surface area contributed by atoms with Gasteiger partial charge in [0.25, 0.3) is 5.78 Å². The van der Waals surface area contributed by atoms with E-state index in [1.54, 1.807) is 0 Å². The van der Waals surface area contributed by atoms with E-state index in [1.807, 2.05) is 0 Å². The molecule has 2 N–H and O–H groups in total. The van der Waals surface area contributed by atoms with E-state index in [4.69, 9.17) is 10.2 Å². The summed E-state index contributed by atoms with van der Waals surface area (Å²) in [6.07, 6.45) is 0.552. The Labute approximate surface area is 61.9 Å². The summed E-state index contributed by atoms with van der Waals surface area (Å²) in [5.74, 6) is -4.19. The van der Waals surface area contributed by atoms with Crippen LogP contribution in [0.15, 0.2) is 11.6 Å². The maximum atomic E-state index is 10.4. The zero-order chi connectivity index (χ0) is 9.02. The molecule has 0 amide bonds. The average Bonchev–Trinajstić information content (AvgIpc) is 1.84. The van der Waals surface area contributed by atoms with Crippen LogP contribution in [0.4, 0.5) is 0 Å². The van der Waals surface area contributed by atoms with Crippen LogP contribution in [-0.4, -0.2) is 27.9 Å². The molecule has 0 aliphatic rings. The summed E-state index contributed by atoms with van der Waals surface area (Å²) in [5.41, 5.74) is -0.301. The first-order valence-electron chi connectivity index (χ1n) is 2.64. The van der Waals surface area contributed by atoms with Crippen LogP contribution in [0.2, 0.25) is 0 Å². The Balaban J connectivity index is 4.49. The number of ketones is 1. The summed E-state index contributed by atoms with van der Waals surface area (Å²) < 4.78 is 0. The fourth-order valence-electron chi connectivity index (χ4n) is 0.419. The SMILES string of the molecule is CC(=CC(=O)O)C(=O)C(=O)O. The maximum absolute atomic E-state index is 10.4. The summed E-state index contributed by atoms with van der Waals surface area (Å²) in [5, 5.41) is 16.2. The Morgan fingerprint density at radius 2 is 1.64 bits per heavy atom. The summed E-state index contributed by atoms with van der Waals surface area (Å²) in [4.78, 5) is 30.3. The molecular formula is C6H6O5. The molecule has 0 fully saturated rings. The van der Waals surface area contributed by atoms with Crippen molar-refractivity contribution in [3.63, 3.8) is 0 Å². The molecule has 0 saturated carbocycles. The zero-order valence-electron chi connectivity index (χ0n) is 5.70. The highest BCUT2D eigenvalue weighted by molar-refractivity contribution is 6.40. The van der Waals surface area contributed by atoms with E-state index in [1.165, 1.54) is 0 Å². The van der Waals surface area contributed by atoms with Crippen LogP contribution in [0.1, 0.15) is 6.92 Å². The van der Waals surface area contributed by atoms with Crippen molar-refractivity contribution in [2.45, 2.75) is 6.92 Å². The van der Waals surface area contributed by atoms with Gasteiger partial charge in [-0.25, -0.2) is 9.59 Å². The summed E-state index contributed by atoms with van der Waals surface area (Å²) in [6.45, 7) is 1.13. The molecule has 0 aromatic carbocycles. The van der Waals surface area contributed by atoms with Crippen molar-refractivity contribution in [2.24, 2.45) is 0 Å². The van der Waals surface area contributed by atoms with Gasteiger partial charge in [-0.1, -0.05) is 0 Å². The lowest BCUT2D eigenvalue weighted by Crippen LogP contribution is -2.14. The number of carboxylic acid groups (broad SMARTS) is 2. The highest BCUT2D eigenvalue weighted by Crippen LogP contribution is 1.93. The lowest BCUT2D eigenvalue weighted by Gasteiger charge is -1.90. The smallest absolute Gasteiger partial charge is 0.376 e. The molecule has 0 heterocycles. The van der Waals surface area contributed by atoms with Crippen molar-refractivity contribution in [3.8, 4) is 0 Å². The molecule has 0 aromatic rings. The monoisotopic (exact) mass is 158 g/mol. The molecule has 0 atom stereocenters. The van der Waals surface area contributed by atoms with Gasteiger partial charge in [-0.3, -0.25) is 4.79 Å². The van der Waals surface area contributed by atoms with Crippen LogP contribution in [0.5, 0.6) is 0 Å². The number of carbonyl (C=O) groups excluding carboxylic acids is 1. The second-order valence-corrected chi connectivity index (χ2v) is 1.80. The van der Waals surface area contributed by atoms with Crippen molar-refractivity contribution in [1.29, 1.82) is 0 Å². The van der Waals surface area contributed by atoms with Gasteiger partial charge < -0.3 is 10.2 Å². The molecule has 0 aliphatic carbocycles. The minimum atomic E-state index is -1.65. The van der Waals surface area contributed by atoms with Crippen molar-refractivity contribution in [1.82, 2.24) is 0 Å². The number of hydrogen-bond donors (Lipinski definition) is 2. The van der Waals surface area contributed by atoms with Gasteiger partial charge in [0, 0.05) is 11.6 Å². The van der Waals surface area contributed by atoms with Gasteiger partial charge in [-0.2, -0.15) is 0 Å². The molecule has 5 nitrogen and oxygen atoms in total. The highest BCUT2D eigenvalue weighted by atomic mass is 16.4. The minimum absolute atomic E-state index is 0.301. The first-order chi connectivity index (χ1) is 4.95. The van der Waals surface area contributed by atoms with E-state index in [0.29, 0.717) is 6.08 Å². The normalized spacial score (nSPS) is 10.8. The molecule has 0 aromatic heterocycles. The number of hydrogen-bond acceptors (Lipinski definition) is 3. The van der Waals surface area contributed by atoms with Gasteiger partial charge in [0.2, 0.25) is 0 Å². The first kappa shape index (κ1) is 9.35. The second-order valence-electron chi connectivity index (χ2n) is 1.80. The van der Waals surface area contributed by atoms with E-state index in [2.05, 4.69) is 0 Å². The van der Waals surface area contributed by atoms with Crippen LogP contribution in [0.25, 0.3) is 0 Å². The molecule has 0 rings (SSSR count). The highest BCUT2D eigenvalue weighted by Gasteiger charge is 2.13. The molecule has 5 heteroatoms. The molecule has 0 saturated heterocycles. The third kappa shape index (κ3) is 3.14. The summed E-state index contributed by atoms with van der Waals surface area (Å²) in [7, 11) is 0. The molecular weight excluding hydrogens is 152 g/mol. The van der Waals surface area contributed by atoms with Gasteiger partial charge in [0.1, 0.15) is 0 Å². The van der Waals surface area contributed by atoms with Crippen LogP contribution >= 0.6 is 0 Å². The predicted octanol–water partition coefficient (Wildman–Crippen LogP) is -0.329. The molecule has 11 heavy (non-hydrogen) atoms. The van der Waals surface area contributed by atoms with E-state index >= 15 is 0 Å². The first-order valence-corrected chi connectivity index (χ1v) is 2.64.